The van der Waals surface area contributed by atoms with Crippen LogP contribution in [0.3, 0.4) is 0 Å². The molecule has 0 saturated carbocycles. The first kappa shape index (κ1) is 21.0. The van der Waals surface area contributed by atoms with Crippen LogP contribution in [0.1, 0.15) is 5.69 Å². The summed E-state index contributed by atoms with van der Waals surface area (Å²) in [6.45, 7) is 1.84. The molecule has 2 heterocycles. The van der Waals surface area contributed by atoms with E-state index in [0.29, 0.717) is 38.3 Å². The Balaban J connectivity index is 1.67. The first-order valence-electron chi connectivity index (χ1n) is 9.32. The number of H-pyrrole nitrogens is 1. The lowest BCUT2D eigenvalue weighted by Crippen LogP contribution is -2.23. The molecule has 0 fully saturated rings. The van der Waals surface area contributed by atoms with Gasteiger partial charge in [0.1, 0.15) is 11.2 Å². The van der Waals surface area contributed by atoms with Crippen molar-refractivity contribution in [1.82, 2.24) is 19.7 Å². The molecule has 0 aliphatic rings. The molecular formula is C21H19ClN6O2S. The van der Waals surface area contributed by atoms with Gasteiger partial charge in [-0.1, -0.05) is 41.6 Å². The maximum Gasteiger partial charge on any atom is 0.234 e. The molecule has 0 bridgehead atoms. The fourth-order valence-corrected chi connectivity index (χ4v) is 4.14. The second kappa shape index (κ2) is 8.83. The van der Waals surface area contributed by atoms with Gasteiger partial charge in [-0.05, 0) is 37.3 Å². The van der Waals surface area contributed by atoms with Gasteiger partial charge in [-0.3, -0.25) is 19.9 Å². The van der Waals surface area contributed by atoms with Gasteiger partial charge in [0.15, 0.2) is 10.8 Å². The van der Waals surface area contributed by atoms with Crippen molar-refractivity contribution in [3.8, 4) is 11.4 Å². The molecule has 10 heteroatoms. The van der Waals surface area contributed by atoms with E-state index in [4.69, 9.17) is 21.7 Å². The molecule has 4 aromatic rings. The van der Waals surface area contributed by atoms with Gasteiger partial charge in [0.05, 0.1) is 29.6 Å². The van der Waals surface area contributed by atoms with Gasteiger partial charge in [0, 0.05) is 10.7 Å². The number of para-hydroxylation sites is 2. The summed E-state index contributed by atoms with van der Waals surface area (Å²) in [4.78, 5) is 17.2. The molecule has 0 spiro atoms. The van der Waals surface area contributed by atoms with Crippen molar-refractivity contribution in [2.24, 2.45) is 0 Å². The van der Waals surface area contributed by atoms with Crippen molar-refractivity contribution in [3.05, 3.63) is 64.7 Å². The van der Waals surface area contributed by atoms with Gasteiger partial charge in [0.2, 0.25) is 5.91 Å². The summed E-state index contributed by atoms with van der Waals surface area (Å²) in [5.41, 5.74) is 2.65. The van der Waals surface area contributed by atoms with Crippen LogP contribution in [0.25, 0.3) is 16.7 Å². The molecule has 3 N–H and O–H groups in total. The molecule has 0 aliphatic carbocycles. The lowest BCUT2D eigenvalue weighted by atomic mass is 10.3. The molecule has 8 nitrogen and oxygen atoms in total. The number of aryl methyl sites for hydroxylation is 1. The van der Waals surface area contributed by atoms with E-state index in [0.717, 1.165) is 5.69 Å². The van der Waals surface area contributed by atoms with Gasteiger partial charge < -0.3 is 10.1 Å². The number of carbonyl (C=O) groups excluding carboxylic acids is 1. The summed E-state index contributed by atoms with van der Waals surface area (Å²) < 4.78 is 6.94. The Hall–Kier alpha value is -3.30. The van der Waals surface area contributed by atoms with Gasteiger partial charge >= 0.3 is 0 Å². The van der Waals surface area contributed by atoms with E-state index in [1.807, 2.05) is 25.1 Å². The van der Waals surface area contributed by atoms with Crippen LogP contribution in [0.4, 0.5) is 5.69 Å². The number of hydrogen-bond donors (Lipinski definition) is 3. The number of nitrogens with one attached hydrogen (secondary N) is 3. The van der Waals surface area contributed by atoms with Crippen molar-refractivity contribution in [3.63, 3.8) is 0 Å². The zero-order chi connectivity index (χ0) is 22.0. The average molecular weight is 455 g/mol. The number of methoxy groups -OCH3 is 1. The third kappa shape index (κ3) is 4.28. The molecule has 31 heavy (non-hydrogen) atoms. The highest BCUT2D eigenvalue weighted by molar-refractivity contribution is 7.99. The third-order valence-electron chi connectivity index (χ3n) is 4.56. The molecule has 2 aromatic heterocycles. The van der Waals surface area contributed by atoms with Crippen LogP contribution in [-0.2, 0) is 4.79 Å². The normalized spacial score (nSPS) is 10.9. The molecule has 1 amide bonds. The number of fused-ring (bicyclic) bond motifs is 1. The Morgan fingerprint density at radius 2 is 2.10 bits per heavy atom. The maximum atomic E-state index is 12.6. The van der Waals surface area contributed by atoms with E-state index in [9.17, 15) is 4.79 Å². The minimum atomic E-state index is -0.223. The minimum Gasteiger partial charge on any atom is -0.495 e. The summed E-state index contributed by atoms with van der Waals surface area (Å²) in [5, 5.41) is 20.3. The monoisotopic (exact) mass is 454 g/mol. The summed E-state index contributed by atoms with van der Waals surface area (Å²) >= 11 is 7.39. The summed E-state index contributed by atoms with van der Waals surface area (Å²) in [5.74, 6) is 0.438. The first-order valence-corrected chi connectivity index (χ1v) is 10.7. The highest BCUT2D eigenvalue weighted by atomic mass is 35.5. The molecule has 158 valence electrons. The van der Waals surface area contributed by atoms with Crippen molar-refractivity contribution < 1.29 is 9.53 Å². The largest absolute Gasteiger partial charge is 0.495 e. The zero-order valence-electron chi connectivity index (χ0n) is 16.8. The fourth-order valence-electron chi connectivity index (χ4n) is 3.14. The van der Waals surface area contributed by atoms with Crippen LogP contribution in [0.5, 0.6) is 5.75 Å². The van der Waals surface area contributed by atoms with Crippen molar-refractivity contribution >= 4 is 46.0 Å². The fraction of sp³-hybridized carbons (Fsp3) is 0.143. The predicted octanol–water partition coefficient (Wildman–Crippen LogP) is 3.93. The molecule has 4 rings (SSSR count). The topological polar surface area (TPSA) is 109 Å². The van der Waals surface area contributed by atoms with Crippen molar-refractivity contribution in [1.29, 1.82) is 5.41 Å². The maximum absolute atomic E-state index is 12.6. The number of aromatic nitrogens is 4. The van der Waals surface area contributed by atoms with E-state index < -0.39 is 0 Å². The average Bonchev–Trinajstić information content (AvgIpc) is 3.13. The third-order valence-corrected chi connectivity index (χ3v) is 5.73. The number of halogens is 1. The van der Waals surface area contributed by atoms with Crippen LogP contribution in [0.2, 0.25) is 5.02 Å². The second-order valence-electron chi connectivity index (χ2n) is 6.64. The Morgan fingerprint density at radius 3 is 2.87 bits per heavy atom. The first-order chi connectivity index (χ1) is 15.0. The number of nitrogens with zero attached hydrogens (tertiary/aromatic N) is 3. The lowest BCUT2D eigenvalue weighted by molar-refractivity contribution is -0.113. The van der Waals surface area contributed by atoms with E-state index in [-0.39, 0.29) is 17.1 Å². The van der Waals surface area contributed by atoms with Crippen molar-refractivity contribution in [2.75, 3.05) is 18.2 Å². The number of benzene rings is 2. The Labute approximate surface area is 187 Å². The number of ether oxygens (including phenoxy) is 1. The van der Waals surface area contributed by atoms with Crippen LogP contribution >= 0.6 is 23.4 Å². The Bertz CT molecular complexity index is 1330. The van der Waals surface area contributed by atoms with Crippen LogP contribution < -0.4 is 15.5 Å². The van der Waals surface area contributed by atoms with Gasteiger partial charge in [-0.15, -0.1) is 0 Å². The number of carbonyl (C=O) groups is 1. The minimum absolute atomic E-state index is 0.0833. The Kier molecular flexibility index (Phi) is 5.97. The molecule has 0 saturated heterocycles. The van der Waals surface area contributed by atoms with Crippen LogP contribution in [0.15, 0.2) is 53.7 Å². The van der Waals surface area contributed by atoms with E-state index in [2.05, 4.69) is 20.5 Å². The number of hydrogen-bond acceptors (Lipinski definition) is 6. The number of amides is 1. The predicted molar refractivity (Wildman–Crippen MR) is 121 cm³/mol. The summed E-state index contributed by atoms with van der Waals surface area (Å²) in [7, 11) is 1.55. The molecule has 0 unspecified atom stereocenters. The highest BCUT2D eigenvalue weighted by Gasteiger charge is 2.17. The van der Waals surface area contributed by atoms with Gasteiger partial charge in [-0.25, -0.2) is 4.98 Å². The summed E-state index contributed by atoms with van der Waals surface area (Å²) in [6, 6.07) is 14.4. The van der Waals surface area contributed by atoms with Crippen LogP contribution in [0, 0.1) is 12.3 Å². The quantitative estimate of drug-likeness (QED) is 0.302. The SMILES string of the molecule is COc1ccccc1NC(=O)CSc1nc2n[nH]c(C)c2c(=N)n1-c1cccc(Cl)c1. The smallest absolute Gasteiger partial charge is 0.234 e. The molecule has 0 aliphatic heterocycles. The van der Waals surface area contributed by atoms with E-state index >= 15 is 0 Å². The molecule has 0 radical (unpaired) electrons. The number of aromatic amines is 1. The number of thioether (sulfide) groups is 1. The molecule has 0 atom stereocenters. The van der Waals surface area contributed by atoms with Crippen molar-refractivity contribution in [2.45, 2.75) is 12.1 Å². The summed E-state index contributed by atoms with van der Waals surface area (Å²) in [6.07, 6.45) is 0. The zero-order valence-corrected chi connectivity index (χ0v) is 18.3. The Morgan fingerprint density at radius 1 is 1.29 bits per heavy atom. The van der Waals surface area contributed by atoms with Crippen LogP contribution in [-0.4, -0.2) is 38.5 Å². The van der Waals surface area contributed by atoms with E-state index in [1.165, 1.54) is 11.8 Å². The van der Waals surface area contributed by atoms with E-state index in [1.54, 1.807) is 42.0 Å². The standard InChI is InChI=1S/C21H19ClN6O2S/c1-12-18-19(23)28(14-7-5-6-13(22)10-14)21(25-20(18)27-26-12)31-11-17(29)24-15-8-3-4-9-16(15)30-2/h3-10,23H,11H2,1-2H3,(H,24,29)(H,26,27). The number of rotatable bonds is 6. The molecule has 2 aromatic carbocycles. The van der Waals surface area contributed by atoms with Gasteiger partial charge in [0.25, 0.3) is 0 Å². The second-order valence-corrected chi connectivity index (χ2v) is 8.02. The van der Waals surface area contributed by atoms with Gasteiger partial charge in [-0.2, -0.15) is 5.10 Å². The lowest BCUT2D eigenvalue weighted by Gasteiger charge is -2.14. The molecular weight excluding hydrogens is 436 g/mol. The highest BCUT2D eigenvalue weighted by Crippen LogP contribution is 2.25. The number of anilines is 1.